The van der Waals surface area contributed by atoms with E-state index in [0.717, 1.165) is 50.8 Å². The number of amidine groups is 1. The first-order chi connectivity index (χ1) is 27.5. The second-order valence-corrected chi connectivity index (χ2v) is 17.5. The van der Waals surface area contributed by atoms with Gasteiger partial charge in [0.2, 0.25) is 0 Å². The van der Waals surface area contributed by atoms with Crippen molar-refractivity contribution in [2.45, 2.75) is 12.2 Å². The number of rotatable bonds is 11. The number of amides is 4. The van der Waals surface area contributed by atoms with Gasteiger partial charge in [-0.05, 0) is 99.6 Å². The van der Waals surface area contributed by atoms with Crippen LogP contribution in [0.3, 0.4) is 0 Å². The maximum Gasteiger partial charge on any atom is 0.414 e. The molecule has 2 fully saturated rings. The van der Waals surface area contributed by atoms with Gasteiger partial charge in [-0.1, -0.05) is 12.1 Å². The van der Waals surface area contributed by atoms with Crippen molar-refractivity contribution in [1.82, 2.24) is 20.9 Å². The van der Waals surface area contributed by atoms with Crippen molar-refractivity contribution in [3.05, 3.63) is 107 Å². The Balaban J connectivity index is 0.000000197. The molecule has 0 radical (unpaired) electrons. The summed E-state index contributed by atoms with van der Waals surface area (Å²) in [7, 11) is 3.90. The van der Waals surface area contributed by atoms with Gasteiger partial charge in [-0.25, -0.2) is 14.4 Å². The quantitative estimate of drug-likeness (QED) is 0.133. The van der Waals surface area contributed by atoms with E-state index in [-0.39, 0.29) is 31.0 Å². The first-order valence-corrected chi connectivity index (χ1v) is 20.9. The molecule has 57 heavy (non-hydrogen) atoms. The van der Waals surface area contributed by atoms with Gasteiger partial charge < -0.3 is 36.1 Å². The zero-order valence-electron chi connectivity index (χ0n) is 31.1. The average molecular weight is 944 g/mol. The molecule has 4 aromatic rings. The number of halogens is 2. The Morgan fingerprint density at radius 1 is 0.842 bits per heavy atom. The van der Waals surface area contributed by atoms with Gasteiger partial charge in [0, 0.05) is 43.6 Å². The minimum Gasteiger partial charge on any atom is -0.442 e. The van der Waals surface area contributed by atoms with Gasteiger partial charge in [-0.15, -0.1) is 22.7 Å². The van der Waals surface area contributed by atoms with E-state index in [0.29, 0.717) is 34.2 Å². The molecule has 0 saturated carbocycles. The Labute approximate surface area is 355 Å². The van der Waals surface area contributed by atoms with E-state index >= 15 is 0 Å². The summed E-state index contributed by atoms with van der Waals surface area (Å²) in [6.45, 7) is 11.6. The van der Waals surface area contributed by atoms with Crippen LogP contribution in [0.5, 0.6) is 0 Å². The number of nitrogens with zero attached hydrogens (tertiary/aromatic N) is 5. The van der Waals surface area contributed by atoms with E-state index < -0.39 is 18.3 Å². The number of ether oxygens (including phenoxy) is 2. The molecule has 0 aliphatic carbocycles. The number of benzene rings is 2. The Morgan fingerprint density at radius 2 is 1.33 bits per heavy atom. The minimum atomic E-state index is -0.455. The molecule has 2 atom stereocenters. The van der Waals surface area contributed by atoms with Crippen LogP contribution in [0.4, 0.5) is 26.7 Å². The molecule has 5 heterocycles. The van der Waals surface area contributed by atoms with Crippen molar-refractivity contribution in [1.29, 1.82) is 0 Å². The first-order valence-electron chi connectivity index (χ1n) is 17.7. The van der Waals surface area contributed by atoms with Crippen LogP contribution < -0.4 is 31.5 Å². The van der Waals surface area contributed by atoms with Crippen molar-refractivity contribution in [3.8, 4) is 0 Å². The second kappa shape index (κ2) is 21.1. The van der Waals surface area contributed by atoms with Gasteiger partial charge in [0.15, 0.2) is 5.69 Å². The molecule has 15 nitrogen and oxygen atoms in total. The van der Waals surface area contributed by atoms with Crippen molar-refractivity contribution in [2.24, 2.45) is 10.7 Å². The first kappa shape index (κ1) is 43.3. The number of nitrogens with one attached hydrogen (secondary N) is 3. The smallest absolute Gasteiger partial charge is 0.414 e. The summed E-state index contributed by atoms with van der Waals surface area (Å²) in [4.78, 5) is 62.6. The van der Waals surface area contributed by atoms with Crippen molar-refractivity contribution in [2.75, 3.05) is 76.3 Å². The van der Waals surface area contributed by atoms with Crippen LogP contribution in [0.1, 0.15) is 24.9 Å². The Hall–Kier alpha value is -4.84. The maximum atomic E-state index is 12.3. The van der Waals surface area contributed by atoms with Gasteiger partial charge in [0.05, 0.1) is 56.6 Å². The van der Waals surface area contributed by atoms with Crippen LogP contribution in [0.2, 0.25) is 0 Å². The third-order valence-corrected chi connectivity index (χ3v) is 11.7. The molecule has 3 aliphatic heterocycles. The number of carbonyl (C=O) groups excluding carboxylic acids is 4. The summed E-state index contributed by atoms with van der Waals surface area (Å²) < 4.78 is 12.5. The molecule has 19 heteroatoms. The molecule has 3 aliphatic rings. The maximum absolute atomic E-state index is 12.3. The van der Waals surface area contributed by atoms with E-state index in [4.69, 9.17) is 21.8 Å². The molecule has 0 spiro atoms. The lowest BCUT2D eigenvalue weighted by Crippen LogP contribution is -2.34. The fourth-order valence-electron chi connectivity index (χ4n) is 5.62. The van der Waals surface area contributed by atoms with Crippen LogP contribution >= 0.6 is 54.5 Å². The molecular formula is C38H41Br2N9O6S2. The summed E-state index contributed by atoms with van der Waals surface area (Å²) in [5.74, 6) is 0.606. The number of nitrogens with two attached hydrogens (primary N) is 1. The number of carbonyl (C=O) groups is 4. The van der Waals surface area contributed by atoms with E-state index in [2.05, 4.69) is 62.5 Å². The molecule has 5 N–H and O–H groups in total. The van der Waals surface area contributed by atoms with Gasteiger partial charge >= 0.3 is 12.2 Å². The monoisotopic (exact) mass is 941 g/mol. The summed E-state index contributed by atoms with van der Waals surface area (Å²) in [6.07, 6.45) is -1.65. The third kappa shape index (κ3) is 12.1. The van der Waals surface area contributed by atoms with Gasteiger partial charge in [0.25, 0.3) is 11.8 Å². The SMILES string of the molecule is CN1CCN=C1c1ccc(N2C[C@H](CNC(=O)c3ccc(Br)s3)OC2=O)cc1.CNCCN.[C-]#[N+]c1ccc(N2C[C@H](CNC(=O)c3ccc(Br)s3)OC2=O)cc1. The second-order valence-electron chi connectivity index (χ2n) is 12.6. The number of anilines is 2. The highest BCUT2D eigenvalue weighted by Gasteiger charge is 2.34. The molecule has 300 valence electrons. The van der Waals surface area contributed by atoms with Gasteiger partial charge in [0.1, 0.15) is 18.0 Å². The molecule has 7 rings (SSSR count). The Bertz CT molecular complexity index is 2090. The molecule has 2 saturated heterocycles. The van der Waals surface area contributed by atoms with Crippen LogP contribution in [0.15, 0.2) is 85.4 Å². The van der Waals surface area contributed by atoms with Gasteiger partial charge in [-0.2, -0.15) is 0 Å². The molecule has 0 unspecified atom stereocenters. The van der Waals surface area contributed by atoms with Crippen molar-refractivity contribution >= 4 is 101 Å². The van der Waals surface area contributed by atoms with Crippen molar-refractivity contribution < 1.29 is 28.7 Å². The van der Waals surface area contributed by atoms with Crippen LogP contribution in [-0.4, -0.2) is 113 Å². The zero-order valence-corrected chi connectivity index (χ0v) is 35.9. The number of thiophene rings is 2. The number of hydrogen-bond acceptors (Lipinski definition) is 12. The Morgan fingerprint density at radius 3 is 1.70 bits per heavy atom. The largest absolute Gasteiger partial charge is 0.442 e. The summed E-state index contributed by atoms with van der Waals surface area (Å²) >= 11 is 9.36. The summed E-state index contributed by atoms with van der Waals surface area (Å²) in [5.41, 5.74) is 8.06. The standard InChI is InChI=1S/C19H19BrN4O3S.C16H12BrN3O3S.C3H10N2/c1-23-9-8-21-17(23)12-2-4-13(5-3-12)24-11-14(27-19(24)26)10-22-18(25)15-6-7-16(20)28-15;1-18-10-2-4-11(5-3-10)20-9-12(23-16(20)22)8-19-15(21)13-6-7-14(17)24-13;1-5-3-2-4/h2-7,14H,8-11H2,1H3,(H,22,25);2-7,12H,8-9H2,(H,19,21);5H,2-4H2,1H3/t14-;12-;/m00./s1. The lowest BCUT2D eigenvalue weighted by Gasteiger charge is -2.16. The average Bonchev–Trinajstić information content (AvgIpc) is 4.07. The molecule has 4 amide bonds. The minimum absolute atomic E-state index is 0.170. The number of hydrogen-bond donors (Lipinski definition) is 4. The molecule has 0 bridgehead atoms. The number of aliphatic imine (C=N–C) groups is 1. The Kier molecular flexibility index (Phi) is 16.0. The number of cyclic esters (lactones) is 2. The predicted octanol–water partition coefficient (Wildman–Crippen LogP) is 5.94. The van der Waals surface area contributed by atoms with Crippen LogP contribution in [0.25, 0.3) is 4.85 Å². The van der Waals surface area contributed by atoms with E-state index in [1.165, 1.54) is 27.6 Å². The van der Waals surface area contributed by atoms with Crippen molar-refractivity contribution in [3.63, 3.8) is 0 Å². The number of likely N-dealkylation sites (N-methyl/N-ethyl adjacent to an activating group) is 2. The molecular weight excluding hydrogens is 902 g/mol. The zero-order chi connectivity index (χ0) is 40.9. The topological polar surface area (TPSA) is 175 Å². The highest BCUT2D eigenvalue weighted by Crippen LogP contribution is 2.26. The van der Waals surface area contributed by atoms with Crippen LogP contribution in [-0.2, 0) is 9.47 Å². The lowest BCUT2D eigenvalue weighted by molar-refractivity contribution is 0.0915. The van der Waals surface area contributed by atoms with E-state index in [1.807, 2.05) is 50.5 Å². The van der Waals surface area contributed by atoms with E-state index in [1.54, 1.807) is 41.3 Å². The fraction of sp³-hybridized carbons (Fsp3) is 0.316. The highest BCUT2D eigenvalue weighted by molar-refractivity contribution is 9.11. The summed E-state index contributed by atoms with van der Waals surface area (Å²) in [5, 5.41) is 8.49. The van der Waals surface area contributed by atoms with Crippen LogP contribution in [0, 0.1) is 6.57 Å². The highest BCUT2D eigenvalue weighted by atomic mass is 79.9. The summed E-state index contributed by atoms with van der Waals surface area (Å²) in [6, 6.07) is 21.6. The molecule has 2 aromatic heterocycles. The third-order valence-electron chi connectivity index (χ3n) is 8.50. The normalized spacial score (nSPS) is 17.1. The lowest BCUT2D eigenvalue weighted by atomic mass is 10.1. The predicted molar refractivity (Wildman–Crippen MR) is 230 cm³/mol. The van der Waals surface area contributed by atoms with Gasteiger partial charge in [-0.3, -0.25) is 24.4 Å². The molecule has 2 aromatic carbocycles. The van der Waals surface area contributed by atoms with E-state index in [9.17, 15) is 19.2 Å². The fourth-order valence-corrected chi connectivity index (χ4v) is 8.23.